The van der Waals surface area contributed by atoms with Gasteiger partial charge in [0.1, 0.15) is 29.5 Å². The molecule has 2 aromatic rings. The molecule has 1 atom stereocenters. The lowest BCUT2D eigenvalue weighted by Gasteiger charge is -2.14. The number of ether oxygens (including phenoxy) is 3. The number of aromatic nitrogens is 2. The van der Waals surface area contributed by atoms with Crippen molar-refractivity contribution in [3.63, 3.8) is 0 Å². The van der Waals surface area contributed by atoms with Crippen LogP contribution in [0.15, 0.2) is 30.6 Å². The van der Waals surface area contributed by atoms with Crippen LogP contribution in [0.3, 0.4) is 0 Å². The predicted octanol–water partition coefficient (Wildman–Crippen LogP) is 2.83. The van der Waals surface area contributed by atoms with Crippen molar-refractivity contribution >= 4 is 17.3 Å². The molecule has 1 aromatic carbocycles. The fourth-order valence-corrected chi connectivity index (χ4v) is 2.59. The minimum absolute atomic E-state index is 0.262. The van der Waals surface area contributed by atoms with Gasteiger partial charge in [0.2, 0.25) is 0 Å². The lowest BCUT2D eigenvalue weighted by molar-refractivity contribution is 0.120. The number of nitrogens with one attached hydrogen (secondary N) is 2. The van der Waals surface area contributed by atoms with E-state index < -0.39 is 0 Å². The molecule has 7 heteroatoms. The Morgan fingerprint density at radius 2 is 2.04 bits per heavy atom. The summed E-state index contributed by atoms with van der Waals surface area (Å²) in [6.07, 6.45) is 4.00. The Labute approximate surface area is 141 Å². The monoisotopic (exact) mass is 330 g/mol. The van der Waals surface area contributed by atoms with Crippen molar-refractivity contribution in [2.24, 2.45) is 0 Å². The molecule has 3 rings (SSSR count). The molecule has 1 aliphatic rings. The summed E-state index contributed by atoms with van der Waals surface area (Å²) in [4.78, 5) is 8.50. The second kappa shape index (κ2) is 7.83. The number of benzene rings is 1. The van der Waals surface area contributed by atoms with Gasteiger partial charge >= 0.3 is 0 Å². The van der Waals surface area contributed by atoms with E-state index in [4.69, 9.17) is 14.2 Å². The zero-order chi connectivity index (χ0) is 16.8. The highest BCUT2D eigenvalue weighted by Crippen LogP contribution is 2.31. The standard InChI is InChI=1S/C17H22N4O3/c1-22-12-5-6-14(15(8-12)23-2)21-17-9-16(19-11-20-17)18-10-13-4-3-7-24-13/h5-6,8-9,11,13H,3-4,7,10H2,1-2H3,(H2,18,19,20,21). The Morgan fingerprint density at radius 3 is 2.79 bits per heavy atom. The first-order valence-corrected chi connectivity index (χ1v) is 7.95. The number of anilines is 3. The van der Waals surface area contributed by atoms with Crippen molar-refractivity contribution in [1.29, 1.82) is 0 Å². The molecule has 1 fully saturated rings. The smallest absolute Gasteiger partial charge is 0.146 e. The number of methoxy groups -OCH3 is 2. The van der Waals surface area contributed by atoms with Gasteiger partial charge in [-0.25, -0.2) is 9.97 Å². The van der Waals surface area contributed by atoms with Crippen LogP contribution < -0.4 is 20.1 Å². The fourth-order valence-electron chi connectivity index (χ4n) is 2.59. The zero-order valence-electron chi connectivity index (χ0n) is 13.9. The van der Waals surface area contributed by atoms with E-state index >= 15 is 0 Å². The molecule has 0 saturated carbocycles. The van der Waals surface area contributed by atoms with Gasteiger partial charge in [-0.05, 0) is 25.0 Å². The van der Waals surface area contributed by atoms with Crippen molar-refractivity contribution in [3.05, 3.63) is 30.6 Å². The van der Waals surface area contributed by atoms with Crippen molar-refractivity contribution in [2.75, 3.05) is 38.0 Å². The minimum atomic E-state index is 0.262. The summed E-state index contributed by atoms with van der Waals surface area (Å²) in [6, 6.07) is 7.43. The topological polar surface area (TPSA) is 77.5 Å². The lowest BCUT2D eigenvalue weighted by atomic mass is 10.2. The number of hydrogen-bond donors (Lipinski definition) is 2. The quantitative estimate of drug-likeness (QED) is 0.808. The summed E-state index contributed by atoms with van der Waals surface area (Å²) in [6.45, 7) is 1.60. The molecule has 0 radical (unpaired) electrons. The molecule has 1 unspecified atom stereocenters. The van der Waals surface area contributed by atoms with Crippen LogP contribution in [-0.2, 0) is 4.74 Å². The van der Waals surface area contributed by atoms with E-state index in [2.05, 4.69) is 20.6 Å². The first kappa shape index (κ1) is 16.3. The Morgan fingerprint density at radius 1 is 1.17 bits per heavy atom. The van der Waals surface area contributed by atoms with Gasteiger partial charge in [-0.2, -0.15) is 0 Å². The van der Waals surface area contributed by atoms with Gasteiger partial charge in [-0.1, -0.05) is 0 Å². The normalized spacial score (nSPS) is 16.7. The van der Waals surface area contributed by atoms with E-state index in [0.717, 1.165) is 43.2 Å². The highest BCUT2D eigenvalue weighted by molar-refractivity contribution is 5.66. The first-order chi connectivity index (χ1) is 11.8. The van der Waals surface area contributed by atoms with Crippen LogP contribution in [-0.4, -0.2) is 43.4 Å². The molecule has 2 N–H and O–H groups in total. The third-order valence-electron chi connectivity index (χ3n) is 3.87. The van der Waals surface area contributed by atoms with Gasteiger partial charge in [-0.15, -0.1) is 0 Å². The molecule has 1 aliphatic heterocycles. The van der Waals surface area contributed by atoms with Gasteiger partial charge in [0.05, 0.1) is 26.0 Å². The Hall–Kier alpha value is -2.54. The molecule has 1 saturated heterocycles. The molecular weight excluding hydrogens is 308 g/mol. The van der Waals surface area contributed by atoms with E-state index in [0.29, 0.717) is 11.6 Å². The Balaban J connectivity index is 1.67. The molecule has 7 nitrogen and oxygen atoms in total. The summed E-state index contributed by atoms with van der Waals surface area (Å²) in [5.41, 5.74) is 0.807. The van der Waals surface area contributed by atoms with E-state index in [-0.39, 0.29) is 6.10 Å². The van der Waals surface area contributed by atoms with Crippen molar-refractivity contribution in [1.82, 2.24) is 9.97 Å². The summed E-state index contributed by atoms with van der Waals surface area (Å²) in [7, 11) is 3.24. The SMILES string of the molecule is COc1ccc(Nc2cc(NCC3CCCO3)ncn2)c(OC)c1. The van der Waals surface area contributed by atoms with Crippen LogP contribution in [0.5, 0.6) is 11.5 Å². The van der Waals surface area contributed by atoms with Crippen LogP contribution in [0.25, 0.3) is 0 Å². The molecule has 128 valence electrons. The van der Waals surface area contributed by atoms with Crippen LogP contribution in [0.1, 0.15) is 12.8 Å². The molecule has 0 bridgehead atoms. The third kappa shape index (κ3) is 4.05. The minimum Gasteiger partial charge on any atom is -0.497 e. The van der Waals surface area contributed by atoms with Gasteiger partial charge in [-0.3, -0.25) is 0 Å². The Bertz CT molecular complexity index is 675. The van der Waals surface area contributed by atoms with E-state index in [1.54, 1.807) is 14.2 Å². The summed E-state index contributed by atoms with van der Waals surface area (Å²) in [5.74, 6) is 2.86. The Kier molecular flexibility index (Phi) is 5.32. The average molecular weight is 330 g/mol. The summed E-state index contributed by atoms with van der Waals surface area (Å²) < 4.78 is 16.2. The molecule has 0 spiro atoms. The van der Waals surface area contributed by atoms with Gasteiger partial charge < -0.3 is 24.8 Å². The lowest BCUT2D eigenvalue weighted by Crippen LogP contribution is -2.19. The van der Waals surface area contributed by atoms with Crippen LogP contribution in [0.2, 0.25) is 0 Å². The molecule has 0 aliphatic carbocycles. The van der Waals surface area contributed by atoms with Crippen molar-refractivity contribution in [2.45, 2.75) is 18.9 Å². The maximum atomic E-state index is 5.60. The molecule has 1 aromatic heterocycles. The van der Waals surface area contributed by atoms with E-state index in [1.165, 1.54) is 6.33 Å². The molecule has 2 heterocycles. The van der Waals surface area contributed by atoms with Crippen molar-refractivity contribution in [3.8, 4) is 11.5 Å². The maximum Gasteiger partial charge on any atom is 0.146 e. The third-order valence-corrected chi connectivity index (χ3v) is 3.87. The average Bonchev–Trinajstić information content (AvgIpc) is 3.14. The maximum absolute atomic E-state index is 5.60. The van der Waals surface area contributed by atoms with Crippen LogP contribution in [0.4, 0.5) is 17.3 Å². The van der Waals surface area contributed by atoms with Crippen molar-refractivity contribution < 1.29 is 14.2 Å². The second-order valence-electron chi connectivity index (χ2n) is 5.50. The highest BCUT2D eigenvalue weighted by atomic mass is 16.5. The van der Waals surface area contributed by atoms with Gasteiger partial charge in [0.15, 0.2) is 0 Å². The summed E-state index contributed by atoms with van der Waals surface area (Å²) >= 11 is 0. The summed E-state index contributed by atoms with van der Waals surface area (Å²) in [5, 5.41) is 6.53. The first-order valence-electron chi connectivity index (χ1n) is 7.95. The number of hydrogen-bond acceptors (Lipinski definition) is 7. The highest BCUT2D eigenvalue weighted by Gasteiger charge is 2.15. The van der Waals surface area contributed by atoms with E-state index in [9.17, 15) is 0 Å². The fraction of sp³-hybridized carbons (Fsp3) is 0.412. The number of nitrogens with zero attached hydrogens (tertiary/aromatic N) is 2. The van der Waals surface area contributed by atoms with Gasteiger partial charge in [0, 0.05) is 25.3 Å². The van der Waals surface area contributed by atoms with Crippen LogP contribution in [0, 0.1) is 0 Å². The molecular formula is C17H22N4O3. The predicted molar refractivity (Wildman–Crippen MR) is 92.3 cm³/mol. The molecule has 24 heavy (non-hydrogen) atoms. The number of rotatable bonds is 7. The molecule has 0 amide bonds. The largest absolute Gasteiger partial charge is 0.497 e. The van der Waals surface area contributed by atoms with Gasteiger partial charge in [0.25, 0.3) is 0 Å². The second-order valence-corrected chi connectivity index (χ2v) is 5.50. The van der Waals surface area contributed by atoms with Crippen LogP contribution >= 0.6 is 0 Å². The zero-order valence-corrected chi connectivity index (χ0v) is 13.9. The van der Waals surface area contributed by atoms with E-state index in [1.807, 2.05) is 24.3 Å².